The van der Waals surface area contributed by atoms with Crippen molar-refractivity contribution in [1.82, 2.24) is 0 Å². The van der Waals surface area contributed by atoms with Gasteiger partial charge in [0.1, 0.15) is 11.8 Å². The number of nitrogens with two attached hydrogens (primary N) is 2. The fraction of sp³-hybridized carbons (Fsp3) is 0.0667. The summed E-state index contributed by atoms with van der Waals surface area (Å²) in [6.45, 7) is 0. The smallest absolute Gasteiger partial charge is 0.248 e. The number of anilines is 1. The number of rotatable bonds is 4. The van der Waals surface area contributed by atoms with Crippen molar-refractivity contribution in [1.29, 1.82) is 5.26 Å². The Kier molecular flexibility index (Phi) is 3.95. The van der Waals surface area contributed by atoms with E-state index in [0.717, 1.165) is 0 Å². The molecule has 0 aliphatic carbocycles. The Labute approximate surface area is 121 Å². The average Bonchev–Trinajstić information content (AvgIpc) is 2.49. The van der Waals surface area contributed by atoms with Crippen LogP contribution in [0.3, 0.4) is 0 Å². The number of carbonyl (C=O) groups is 1. The van der Waals surface area contributed by atoms with Gasteiger partial charge in [-0.3, -0.25) is 4.79 Å². The van der Waals surface area contributed by atoms with Crippen LogP contribution in [-0.4, -0.2) is 13.0 Å². The van der Waals surface area contributed by atoms with Crippen LogP contribution in [0.2, 0.25) is 0 Å². The van der Waals surface area contributed by atoms with E-state index in [-0.39, 0.29) is 0 Å². The number of benzene rings is 2. The summed E-state index contributed by atoms with van der Waals surface area (Å²) in [4.78, 5) is 11.1. The summed E-state index contributed by atoms with van der Waals surface area (Å²) in [5.74, 6) is 0.484. The van der Waals surface area contributed by atoms with Crippen molar-refractivity contribution >= 4 is 11.6 Å². The topological polar surface area (TPSA) is 111 Å². The van der Waals surface area contributed by atoms with Crippen LogP contribution in [-0.2, 0) is 0 Å². The molecular weight excluding hydrogens is 270 g/mol. The van der Waals surface area contributed by atoms with Gasteiger partial charge in [-0.15, -0.1) is 0 Å². The Balaban J connectivity index is 2.40. The Morgan fingerprint density at radius 3 is 2.48 bits per heavy atom. The Morgan fingerprint density at radius 1 is 1.14 bits per heavy atom. The lowest BCUT2D eigenvalue weighted by Gasteiger charge is -2.12. The summed E-state index contributed by atoms with van der Waals surface area (Å²) in [7, 11) is 1.45. The van der Waals surface area contributed by atoms with Gasteiger partial charge in [-0.05, 0) is 36.4 Å². The third kappa shape index (κ3) is 3.04. The molecule has 0 atom stereocenters. The molecule has 2 rings (SSSR count). The molecule has 6 nitrogen and oxygen atoms in total. The second-order valence-electron chi connectivity index (χ2n) is 4.20. The maximum absolute atomic E-state index is 11.1. The SMILES string of the molecule is COc1cc(C(N)=O)ccc1Oc1ccc(N)cc1C#N. The maximum Gasteiger partial charge on any atom is 0.248 e. The highest BCUT2D eigenvalue weighted by atomic mass is 16.5. The Hall–Kier alpha value is -3.20. The van der Waals surface area contributed by atoms with Crippen molar-refractivity contribution in [3.8, 4) is 23.3 Å². The highest BCUT2D eigenvalue weighted by Crippen LogP contribution is 2.34. The summed E-state index contributed by atoms with van der Waals surface area (Å²) in [5.41, 5.74) is 11.9. The standard InChI is InChI=1S/C15H13N3O3/c1-20-14-7-9(15(18)19)2-4-13(14)21-12-5-3-11(17)6-10(12)8-16/h2-7H,17H2,1H3,(H2,18,19). The van der Waals surface area contributed by atoms with Gasteiger partial charge in [0.25, 0.3) is 0 Å². The molecule has 0 fully saturated rings. The van der Waals surface area contributed by atoms with E-state index in [4.69, 9.17) is 26.2 Å². The largest absolute Gasteiger partial charge is 0.493 e. The normalized spacial score (nSPS) is 9.71. The molecule has 21 heavy (non-hydrogen) atoms. The maximum atomic E-state index is 11.1. The summed E-state index contributed by atoms with van der Waals surface area (Å²) in [5, 5.41) is 9.09. The molecule has 6 heteroatoms. The minimum Gasteiger partial charge on any atom is -0.493 e. The number of amides is 1. The second kappa shape index (κ2) is 5.84. The summed E-state index contributed by atoms with van der Waals surface area (Å²) in [6, 6.07) is 11.3. The quantitative estimate of drug-likeness (QED) is 0.834. The van der Waals surface area contributed by atoms with Gasteiger partial charge in [0, 0.05) is 11.3 Å². The fourth-order valence-corrected chi connectivity index (χ4v) is 1.75. The number of primary amides is 1. The number of nitriles is 1. The van der Waals surface area contributed by atoms with Gasteiger partial charge in [0.05, 0.1) is 12.7 Å². The molecule has 0 saturated carbocycles. The molecule has 0 unspecified atom stereocenters. The van der Waals surface area contributed by atoms with E-state index in [1.807, 2.05) is 6.07 Å². The van der Waals surface area contributed by atoms with E-state index in [2.05, 4.69) is 0 Å². The molecule has 0 heterocycles. The van der Waals surface area contributed by atoms with Crippen molar-refractivity contribution < 1.29 is 14.3 Å². The number of nitrogens with zero attached hydrogens (tertiary/aromatic N) is 1. The van der Waals surface area contributed by atoms with Crippen LogP contribution < -0.4 is 20.9 Å². The Bertz CT molecular complexity index is 735. The molecule has 0 aliphatic heterocycles. The molecule has 0 radical (unpaired) electrons. The highest BCUT2D eigenvalue weighted by molar-refractivity contribution is 5.93. The molecule has 106 valence electrons. The van der Waals surface area contributed by atoms with Crippen molar-refractivity contribution in [2.75, 3.05) is 12.8 Å². The van der Waals surface area contributed by atoms with Gasteiger partial charge in [-0.25, -0.2) is 0 Å². The van der Waals surface area contributed by atoms with Crippen LogP contribution in [0.4, 0.5) is 5.69 Å². The zero-order chi connectivity index (χ0) is 15.4. The van der Waals surface area contributed by atoms with E-state index in [0.29, 0.717) is 34.1 Å². The number of ether oxygens (including phenoxy) is 2. The van der Waals surface area contributed by atoms with Crippen LogP contribution in [0.5, 0.6) is 17.2 Å². The second-order valence-corrected chi connectivity index (χ2v) is 4.20. The summed E-state index contributed by atoms with van der Waals surface area (Å²) < 4.78 is 10.8. The first-order valence-electron chi connectivity index (χ1n) is 6.00. The lowest BCUT2D eigenvalue weighted by atomic mass is 10.1. The number of carbonyl (C=O) groups excluding carboxylic acids is 1. The number of hydrogen-bond donors (Lipinski definition) is 2. The molecule has 2 aromatic carbocycles. The first-order chi connectivity index (χ1) is 10.0. The van der Waals surface area contributed by atoms with Gasteiger partial charge in [0.2, 0.25) is 5.91 Å². The number of hydrogen-bond acceptors (Lipinski definition) is 5. The van der Waals surface area contributed by atoms with Crippen LogP contribution >= 0.6 is 0 Å². The minimum absolute atomic E-state index is 0.302. The number of nitrogen functional groups attached to an aromatic ring is 1. The van der Waals surface area contributed by atoms with Crippen molar-refractivity contribution in [3.63, 3.8) is 0 Å². The van der Waals surface area contributed by atoms with Gasteiger partial charge in [-0.2, -0.15) is 5.26 Å². The predicted molar refractivity (Wildman–Crippen MR) is 77.2 cm³/mol. The van der Waals surface area contributed by atoms with Crippen molar-refractivity contribution in [2.45, 2.75) is 0 Å². The lowest BCUT2D eigenvalue weighted by Crippen LogP contribution is -2.10. The summed E-state index contributed by atoms with van der Waals surface area (Å²) in [6.07, 6.45) is 0. The van der Waals surface area contributed by atoms with E-state index < -0.39 is 5.91 Å². The van der Waals surface area contributed by atoms with E-state index in [1.165, 1.54) is 25.3 Å². The van der Waals surface area contributed by atoms with E-state index in [1.54, 1.807) is 18.2 Å². The van der Waals surface area contributed by atoms with Gasteiger partial charge in [-0.1, -0.05) is 0 Å². The zero-order valence-corrected chi connectivity index (χ0v) is 11.3. The molecule has 1 amide bonds. The van der Waals surface area contributed by atoms with Crippen molar-refractivity contribution in [2.24, 2.45) is 5.73 Å². The minimum atomic E-state index is -0.565. The Morgan fingerprint density at radius 2 is 1.86 bits per heavy atom. The molecule has 0 spiro atoms. The van der Waals surface area contributed by atoms with Gasteiger partial charge >= 0.3 is 0 Å². The van der Waals surface area contributed by atoms with E-state index >= 15 is 0 Å². The monoisotopic (exact) mass is 283 g/mol. The molecular formula is C15H13N3O3. The first kappa shape index (κ1) is 14.2. The molecule has 4 N–H and O–H groups in total. The molecule has 0 aliphatic rings. The van der Waals surface area contributed by atoms with Crippen LogP contribution in [0.15, 0.2) is 36.4 Å². The van der Waals surface area contributed by atoms with Crippen LogP contribution in [0.1, 0.15) is 15.9 Å². The van der Waals surface area contributed by atoms with Crippen LogP contribution in [0.25, 0.3) is 0 Å². The first-order valence-corrected chi connectivity index (χ1v) is 6.00. The third-order valence-electron chi connectivity index (χ3n) is 2.79. The lowest BCUT2D eigenvalue weighted by molar-refractivity contribution is 0.1000. The fourth-order valence-electron chi connectivity index (χ4n) is 1.75. The van der Waals surface area contributed by atoms with Crippen LogP contribution in [0, 0.1) is 11.3 Å². The van der Waals surface area contributed by atoms with Gasteiger partial charge < -0.3 is 20.9 Å². The average molecular weight is 283 g/mol. The third-order valence-corrected chi connectivity index (χ3v) is 2.79. The molecule has 0 bridgehead atoms. The highest BCUT2D eigenvalue weighted by Gasteiger charge is 2.12. The predicted octanol–water partition coefficient (Wildman–Crippen LogP) is 2.04. The van der Waals surface area contributed by atoms with Crippen molar-refractivity contribution in [3.05, 3.63) is 47.5 Å². The van der Waals surface area contributed by atoms with Gasteiger partial charge in [0.15, 0.2) is 11.5 Å². The molecule has 0 aromatic heterocycles. The zero-order valence-electron chi connectivity index (χ0n) is 11.3. The van der Waals surface area contributed by atoms with E-state index in [9.17, 15) is 4.79 Å². The summed E-state index contributed by atoms with van der Waals surface area (Å²) >= 11 is 0. The number of methoxy groups -OCH3 is 1. The molecule has 2 aromatic rings. The molecule has 0 saturated heterocycles.